The van der Waals surface area contributed by atoms with Crippen LogP contribution in [0.3, 0.4) is 0 Å². The summed E-state index contributed by atoms with van der Waals surface area (Å²) in [6, 6.07) is 15.4. The average molecular weight is 341 g/mol. The lowest BCUT2D eigenvalue weighted by molar-refractivity contribution is -0.113. The van der Waals surface area contributed by atoms with Crippen LogP contribution in [0.5, 0.6) is 5.75 Å². The van der Waals surface area contributed by atoms with Crippen LogP contribution >= 0.6 is 24.0 Å². The van der Waals surface area contributed by atoms with Gasteiger partial charge in [-0.15, -0.1) is 0 Å². The molecule has 5 heteroatoms. The zero-order valence-electron chi connectivity index (χ0n) is 12.8. The molecule has 0 bridgehead atoms. The van der Waals surface area contributed by atoms with Gasteiger partial charge in [0.05, 0.1) is 17.7 Å². The van der Waals surface area contributed by atoms with E-state index in [1.54, 1.807) is 7.11 Å². The largest absolute Gasteiger partial charge is 0.495 e. The lowest BCUT2D eigenvalue weighted by Gasteiger charge is -2.17. The first-order valence-corrected chi connectivity index (χ1v) is 8.30. The molecular weight excluding hydrogens is 326 g/mol. The van der Waals surface area contributed by atoms with Crippen molar-refractivity contribution in [2.24, 2.45) is 0 Å². The molecule has 1 aliphatic rings. The highest BCUT2D eigenvalue weighted by molar-refractivity contribution is 8.27. The molecule has 0 saturated carbocycles. The average Bonchev–Trinajstić information content (AvgIpc) is 2.81. The first-order valence-electron chi connectivity index (χ1n) is 7.08. The molecule has 23 heavy (non-hydrogen) atoms. The summed E-state index contributed by atoms with van der Waals surface area (Å²) in [5.74, 6) is 0.506. The van der Waals surface area contributed by atoms with Crippen LogP contribution in [-0.4, -0.2) is 17.3 Å². The number of thiocarbonyl (C=S) groups is 1. The summed E-state index contributed by atoms with van der Waals surface area (Å²) in [7, 11) is 1.58. The summed E-state index contributed by atoms with van der Waals surface area (Å²) < 4.78 is 5.85. The van der Waals surface area contributed by atoms with Crippen molar-refractivity contribution in [2.75, 3.05) is 12.0 Å². The summed E-state index contributed by atoms with van der Waals surface area (Å²) in [6.45, 7) is 2.03. The number of benzene rings is 2. The molecule has 1 amide bonds. The zero-order valence-corrected chi connectivity index (χ0v) is 14.4. The van der Waals surface area contributed by atoms with Crippen molar-refractivity contribution < 1.29 is 9.53 Å². The Morgan fingerprint density at radius 3 is 2.70 bits per heavy atom. The molecule has 0 aliphatic carbocycles. The Balaban J connectivity index is 1.97. The number of carbonyl (C=O) groups excluding carboxylic acids is 1. The minimum absolute atomic E-state index is 0.119. The summed E-state index contributed by atoms with van der Waals surface area (Å²) >= 11 is 6.71. The number of thioether (sulfide) groups is 1. The van der Waals surface area contributed by atoms with Gasteiger partial charge in [0.25, 0.3) is 5.91 Å². The molecule has 1 fully saturated rings. The minimum atomic E-state index is -0.119. The number of rotatable bonds is 3. The topological polar surface area (TPSA) is 29.5 Å². The van der Waals surface area contributed by atoms with E-state index in [4.69, 9.17) is 17.0 Å². The number of amides is 1. The summed E-state index contributed by atoms with van der Waals surface area (Å²) in [4.78, 5) is 14.9. The van der Waals surface area contributed by atoms with Crippen molar-refractivity contribution in [3.63, 3.8) is 0 Å². The van der Waals surface area contributed by atoms with E-state index >= 15 is 0 Å². The van der Waals surface area contributed by atoms with Crippen molar-refractivity contribution in [2.45, 2.75) is 6.92 Å². The monoisotopic (exact) mass is 341 g/mol. The van der Waals surface area contributed by atoms with Gasteiger partial charge in [-0.2, -0.15) is 0 Å². The fraction of sp³-hybridized carbons (Fsp3) is 0.111. The predicted octanol–water partition coefficient (Wildman–Crippen LogP) is 4.41. The van der Waals surface area contributed by atoms with Gasteiger partial charge in [0.1, 0.15) is 5.75 Å². The van der Waals surface area contributed by atoms with E-state index < -0.39 is 0 Å². The number of aryl methyl sites for hydroxylation is 1. The van der Waals surface area contributed by atoms with E-state index in [1.807, 2.05) is 61.5 Å². The number of hydrogen-bond donors (Lipinski definition) is 0. The number of anilines is 1. The normalized spacial score (nSPS) is 16.3. The highest BCUT2D eigenvalue weighted by Crippen LogP contribution is 2.39. The maximum absolute atomic E-state index is 12.8. The van der Waals surface area contributed by atoms with Crippen LogP contribution in [0.25, 0.3) is 6.08 Å². The van der Waals surface area contributed by atoms with Gasteiger partial charge in [-0.05, 0) is 30.7 Å². The molecule has 0 unspecified atom stereocenters. The summed E-state index contributed by atoms with van der Waals surface area (Å²) in [5, 5.41) is 0. The van der Waals surface area contributed by atoms with Gasteiger partial charge in [0, 0.05) is 0 Å². The van der Waals surface area contributed by atoms with Crippen LogP contribution in [0.15, 0.2) is 53.4 Å². The lowest BCUT2D eigenvalue weighted by atomic mass is 10.1. The van der Waals surface area contributed by atoms with Crippen molar-refractivity contribution in [1.29, 1.82) is 0 Å². The Bertz CT molecular complexity index is 814. The van der Waals surface area contributed by atoms with Crippen LogP contribution in [-0.2, 0) is 4.79 Å². The van der Waals surface area contributed by atoms with Gasteiger partial charge in [-0.1, -0.05) is 65.9 Å². The number of carbonyl (C=O) groups is 1. The molecule has 0 aromatic heterocycles. The minimum Gasteiger partial charge on any atom is -0.495 e. The Labute approximate surface area is 144 Å². The van der Waals surface area contributed by atoms with Crippen molar-refractivity contribution in [3.8, 4) is 5.75 Å². The third kappa shape index (κ3) is 3.16. The third-order valence-electron chi connectivity index (χ3n) is 3.46. The van der Waals surface area contributed by atoms with Crippen molar-refractivity contribution >= 4 is 46.0 Å². The Hall–Kier alpha value is -2.11. The van der Waals surface area contributed by atoms with E-state index in [1.165, 1.54) is 16.7 Å². The molecule has 2 aromatic rings. The zero-order chi connectivity index (χ0) is 16.4. The van der Waals surface area contributed by atoms with Crippen LogP contribution in [0.4, 0.5) is 5.69 Å². The number of ether oxygens (including phenoxy) is 1. The van der Waals surface area contributed by atoms with Crippen LogP contribution in [0.1, 0.15) is 11.1 Å². The van der Waals surface area contributed by atoms with Gasteiger partial charge in [-0.3, -0.25) is 9.69 Å². The molecular formula is C18H15NO2S2. The number of hydrogen-bond acceptors (Lipinski definition) is 4. The summed E-state index contributed by atoms with van der Waals surface area (Å²) in [6.07, 6.45) is 1.88. The van der Waals surface area contributed by atoms with Gasteiger partial charge in [-0.25, -0.2) is 0 Å². The standard InChI is InChI=1S/C18H15NO2S2/c1-12-6-5-7-13(10-12)11-16-17(20)19(18(22)23-16)14-8-3-4-9-15(14)21-2/h3-11H,1-2H3/b16-11+. The van der Waals surface area contributed by atoms with Gasteiger partial charge >= 0.3 is 0 Å². The first-order chi connectivity index (χ1) is 11.1. The van der Waals surface area contributed by atoms with E-state index in [-0.39, 0.29) is 5.91 Å². The number of para-hydroxylation sites is 2. The Kier molecular flexibility index (Phi) is 4.50. The van der Waals surface area contributed by atoms with Crippen LogP contribution in [0.2, 0.25) is 0 Å². The van der Waals surface area contributed by atoms with E-state index in [2.05, 4.69) is 0 Å². The van der Waals surface area contributed by atoms with Crippen molar-refractivity contribution in [1.82, 2.24) is 0 Å². The highest BCUT2D eigenvalue weighted by atomic mass is 32.2. The molecule has 2 aromatic carbocycles. The Morgan fingerprint density at radius 2 is 1.96 bits per heavy atom. The van der Waals surface area contributed by atoms with E-state index in [9.17, 15) is 4.79 Å². The molecule has 0 spiro atoms. The molecule has 0 N–H and O–H groups in total. The summed E-state index contributed by atoms with van der Waals surface area (Å²) in [5.41, 5.74) is 2.81. The predicted molar refractivity (Wildman–Crippen MR) is 99.8 cm³/mol. The molecule has 3 nitrogen and oxygen atoms in total. The van der Waals surface area contributed by atoms with E-state index in [0.717, 1.165) is 11.1 Å². The second-order valence-electron chi connectivity index (χ2n) is 5.10. The van der Waals surface area contributed by atoms with Gasteiger partial charge < -0.3 is 4.74 Å². The fourth-order valence-electron chi connectivity index (χ4n) is 2.40. The number of nitrogens with zero attached hydrogens (tertiary/aromatic N) is 1. The second kappa shape index (κ2) is 6.56. The Morgan fingerprint density at radius 1 is 1.17 bits per heavy atom. The van der Waals surface area contributed by atoms with Crippen LogP contribution < -0.4 is 9.64 Å². The molecule has 3 rings (SSSR count). The molecule has 1 aliphatic heterocycles. The maximum atomic E-state index is 12.8. The first kappa shape index (κ1) is 15.8. The fourth-order valence-corrected chi connectivity index (χ4v) is 3.69. The quantitative estimate of drug-likeness (QED) is 0.611. The van der Waals surface area contributed by atoms with E-state index in [0.29, 0.717) is 20.7 Å². The molecule has 116 valence electrons. The highest BCUT2D eigenvalue weighted by Gasteiger charge is 2.34. The number of methoxy groups -OCH3 is 1. The third-order valence-corrected chi connectivity index (χ3v) is 4.76. The lowest BCUT2D eigenvalue weighted by Crippen LogP contribution is -2.27. The van der Waals surface area contributed by atoms with Gasteiger partial charge in [0.2, 0.25) is 0 Å². The second-order valence-corrected chi connectivity index (χ2v) is 6.78. The molecule has 0 radical (unpaired) electrons. The molecule has 1 heterocycles. The van der Waals surface area contributed by atoms with Gasteiger partial charge in [0.15, 0.2) is 4.32 Å². The van der Waals surface area contributed by atoms with Crippen LogP contribution in [0, 0.1) is 6.92 Å². The maximum Gasteiger partial charge on any atom is 0.270 e. The molecule has 0 atom stereocenters. The van der Waals surface area contributed by atoms with Crippen molar-refractivity contribution in [3.05, 3.63) is 64.6 Å². The smallest absolute Gasteiger partial charge is 0.270 e. The molecule has 1 saturated heterocycles. The SMILES string of the molecule is COc1ccccc1N1C(=O)/C(=C\c2cccc(C)c2)SC1=S.